The molecular weight excluding hydrogens is 902 g/mol. The maximum absolute atomic E-state index is 15.8. The van der Waals surface area contributed by atoms with Crippen LogP contribution in [0.5, 0.6) is 11.5 Å². The lowest BCUT2D eigenvalue weighted by molar-refractivity contribution is 0.304. The van der Waals surface area contributed by atoms with E-state index >= 15 is 17.3 Å². The van der Waals surface area contributed by atoms with Gasteiger partial charge in [-0.05, 0) is 72.5 Å². The first-order chi connectivity index (χ1) is 33.3. The van der Waals surface area contributed by atoms with Crippen molar-refractivity contribution in [3.63, 3.8) is 0 Å². The molecule has 2 aliphatic rings. The van der Waals surface area contributed by atoms with E-state index in [2.05, 4.69) is 13.8 Å². The molecule has 0 saturated heterocycles. The number of halogens is 4. The SMILES string of the molecule is CCCCCCCCOc1ccc2nc(/N=C3/C(c4ccccc4)=c4cc5c(cc4N3B(F)F)=C(c3ccccc3)/C(=N/c3nc4ccc(OCCCCCCCC)cc4s3)N5B(F)F)sc2c1. The molecule has 0 spiro atoms. The number of anilines is 2. The van der Waals surface area contributed by atoms with E-state index in [0.717, 1.165) is 44.7 Å². The Balaban J connectivity index is 1.11. The van der Waals surface area contributed by atoms with Gasteiger partial charge in [-0.25, -0.2) is 20.0 Å². The van der Waals surface area contributed by atoms with Crippen LogP contribution in [-0.2, 0) is 0 Å². The summed E-state index contributed by atoms with van der Waals surface area (Å²) in [6.45, 7) is 5.61. The van der Waals surface area contributed by atoms with Crippen LogP contribution in [0.3, 0.4) is 0 Å². The number of hydrogen-bond acceptors (Lipinski definition) is 8. The Hall–Kier alpha value is -5.99. The van der Waals surface area contributed by atoms with E-state index in [1.54, 1.807) is 36.4 Å². The number of amidine groups is 2. The molecule has 0 atom stereocenters. The van der Waals surface area contributed by atoms with Gasteiger partial charge in [0.1, 0.15) is 23.2 Å². The number of ether oxygens (including phenoxy) is 2. The second kappa shape index (κ2) is 22.0. The number of nitrogens with zero attached hydrogens (tertiary/aromatic N) is 6. The smallest absolute Gasteiger partial charge is 0.494 e. The second-order valence-electron chi connectivity index (χ2n) is 17.0. The first-order valence-electron chi connectivity index (χ1n) is 23.7. The molecule has 2 aliphatic heterocycles. The highest BCUT2D eigenvalue weighted by atomic mass is 32.1. The highest BCUT2D eigenvalue weighted by Gasteiger charge is 2.43. The molecule has 4 heterocycles. The predicted octanol–water partition coefficient (Wildman–Crippen LogP) is 13.7. The molecule has 9 rings (SSSR count). The minimum atomic E-state index is -3.05. The van der Waals surface area contributed by atoms with E-state index in [-0.39, 0.29) is 33.3 Å². The minimum absolute atomic E-state index is 0.0352. The first-order valence-corrected chi connectivity index (χ1v) is 25.4. The highest BCUT2D eigenvalue weighted by Crippen LogP contribution is 2.39. The van der Waals surface area contributed by atoms with Crippen molar-refractivity contribution in [2.24, 2.45) is 9.98 Å². The fourth-order valence-electron chi connectivity index (χ4n) is 8.87. The van der Waals surface area contributed by atoms with E-state index in [4.69, 9.17) is 29.4 Å². The summed E-state index contributed by atoms with van der Waals surface area (Å²) in [6.07, 6.45) is 13.9. The maximum Gasteiger partial charge on any atom is 0.679 e. The van der Waals surface area contributed by atoms with Gasteiger partial charge in [0, 0.05) is 33.0 Å². The zero-order valence-corrected chi connectivity index (χ0v) is 39.9. The third-order valence-electron chi connectivity index (χ3n) is 12.2. The summed E-state index contributed by atoms with van der Waals surface area (Å²) in [5.41, 5.74) is 3.49. The minimum Gasteiger partial charge on any atom is -0.494 e. The lowest BCUT2D eigenvalue weighted by atomic mass is 10.0. The van der Waals surface area contributed by atoms with Gasteiger partial charge in [0.25, 0.3) is 0 Å². The van der Waals surface area contributed by atoms with Crippen molar-refractivity contribution in [2.75, 3.05) is 22.8 Å². The van der Waals surface area contributed by atoms with Crippen LogP contribution in [0.2, 0.25) is 0 Å². The predicted molar refractivity (Wildman–Crippen MR) is 276 cm³/mol. The average Bonchev–Trinajstić information content (AvgIpc) is 4.10. The Bertz CT molecular complexity index is 2850. The van der Waals surface area contributed by atoms with Crippen molar-refractivity contribution in [3.05, 3.63) is 131 Å². The van der Waals surface area contributed by atoms with E-state index in [1.165, 1.54) is 74.0 Å². The second-order valence-corrected chi connectivity index (χ2v) is 19.0. The Kier molecular flexibility index (Phi) is 15.2. The average molecular weight is 955 g/mol. The summed E-state index contributed by atoms with van der Waals surface area (Å²) in [7, 11) is -6.10. The van der Waals surface area contributed by atoms with Crippen molar-refractivity contribution >= 4 is 102 Å². The zero-order chi connectivity index (χ0) is 47.0. The van der Waals surface area contributed by atoms with Crippen molar-refractivity contribution in [1.82, 2.24) is 9.97 Å². The number of hydrogen-bond donors (Lipinski definition) is 0. The van der Waals surface area contributed by atoms with Crippen LogP contribution < -0.4 is 29.5 Å². The number of unbranched alkanes of at least 4 members (excludes halogenated alkanes) is 10. The molecule has 0 N–H and O–H groups in total. The van der Waals surface area contributed by atoms with Crippen molar-refractivity contribution in [1.29, 1.82) is 0 Å². The van der Waals surface area contributed by atoms with Crippen LogP contribution in [0, 0.1) is 0 Å². The van der Waals surface area contributed by atoms with Crippen LogP contribution in [0.25, 0.3) is 31.6 Å². The molecule has 8 nitrogen and oxygen atoms in total. The quantitative estimate of drug-likeness (QED) is 0.0383. The number of fused-ring (bicyclic) bond motifs is 4. The molecule has 0 aliphatic carbocycles. The monoisotopic (exact) mass is 954 g/mol. The van der Waals surface area contributed by atoms with Gasteiger partial charge in [-0.15, -0.1) is 0 Å². The number of thiazole rings is 2. The highest BCUT2D eigenvalue weighted by molar-refractivity contribution is 7.22. The first kappa shape index (κ1) is 47.1. The van der Waals surface area contributed by atoms with Gasteiger partial charge in [0.05, 0.1) is 33.6 Å². The summed E-state index contributed by atoms with van der Waals surface area (Å²) < 4.78 is 76.9. The fraction of sp³-hybridized carbons (Fsp3) is 0.308. The van der Waals surface area contributed by atoms with E-state index < -0.39 is 14.8 Å². The number of rotatable bonds is 22. The van der Waals surface area contributed by atoms with Crippen LogP contribution in [0.15, 0.2) is 119 Å². The molecule has 16 heteroatoms. The molecule has 0 fully saturated rings. The van der Waals surface area contributed by atoms with Gasteiger partial charge in [0.2, 0.25) is 10.3 Å². The normalized spacial score (nSPS) is 14.5. The summed E-state index contributed by atoms with van der Waals surface area (Å²) in [5.74, 6) is 1.35. The Morgan fingerprint density at radius 3 is 1.29 bits per heavy atom. The molecule has 0 radical (unpaired) electrons. The molecule has 0 amide bonds. The third-order valence-corrected chi connectivity index (χ3v) is 14.0. The molecule has 0 bridgehead atoms. The van der Waals surface area contributed by atoms with Crippen molar-refractivity contribution < 1.29 is 26.7 Å². The molecule has 0 saturated carbocycles. The summed E-state index contributed by atoms with van der Waals surface area (Å²) in [5, 5.41) is 1.20. The standard InChI is InChI=1S/C52H52B2F4N6O2S2/c1-3-5-7-9-11-19-29-65-37-25-27-41-45(31-37)67-51(59-41)61-49-47(35-21-15-13-16-22-35)39-33-44-40(34-43(39)63(49)53(55)56)48(36-23-17-14-18-24-36)50(64(44)54(57)58)62-52-60-42-28-26-38(32-46(42)68-52)66-30-20-12-10-8-6-4-2/h13-18,21-28,31-34H,3-12,19-20,29-30H2,1-2H3/b61-49-,62-50-. The topological polar surface area (TPSA) is 75.4 Å². The summed E-state index contributed by atoms with van der Waals surface area (Å²) >= 11 is 2.54. The van der Waals surface area contributed by atoms with Crippen molar-refractivity contribution in [2.45, 2.75) is 90.9 Å². The van der Waals surface area contributed by atoms with Crippen LogP contribution in [-0.4, -0.2) is 49.7 Å². The van der Waals surface area contributed by atoms with E-state index in [0.29, 0.717) is 68.5 Å². The van der Waals surface area contributed by atoms with E-state index in [1.807, 2.05) is 72.8 Å². The summed E-state index contributed by atoms with van der Waals surface area (Å²) in [6, 6.07) is 32.5. The van der Waals surface area contributed by atoms with Crippen LogP contribution in [0.4, 0.5) is 38.9 Å². The third kappa shape index (κ3) is 10.4. The fourth-order valence-corrected chi connectivity index (χ4v) is 10.6. The Labute approximate surface area is 403 Å². The molecular formula is C52H52B2F4N6O2S2. The number of benzene rings is 5. The van der Waals surface area contributed by atoms with Gasteiger partial charge in [-0.2, -0.15) is 0 Å². The molecule has 0 unspecified atom stereocenters. The number of aromatic nitrogens is 2. The summed E-state index contributed by atoms with van der Waals surface area (Å²) in [4.78, 5) is 21.0. The zero-order valence-electron chi connectivity index (χ0n) is 38.3. The van der Waals surface area contributed by atoms with Gasteiger partial charge in [-0.1, -0.05) is 161 Å². The largest absolute Gasteiger partial charge is 0.679 e. The van der Waals surface area contributed by atoms with Gasteiger partial charge >= 0.3 is 14.8 Å². The van der Waals surface area contributed by atoms with Crippen LogP contribution in [0.1, 0.15) is 102 Å². The molecule has 2 aromatic heterocycles. The molecule has 348 valence electrons. The van der Waals surface area contributed by atoms with E-state index in [9.17, 15) is 0 Å². The van der Waals surface area contributed by atoms with Gasteiger partial charge < -0.3 is 19.1 Å². The number of aliphatic imine (C=N–C) groups is 2. The molecule has 5 aromatic carbocycles. The van der Waals surface area contributed by atoms with Gasteiger partial charge in [0.15, 0.2) is 0 Å². The lowest BCUT2D eigenvalue weighted by Crippen LogP contribution is -2.38. The maximum atomic E-state index is 15.8. The lowest BCUT2D eigenvalue weighted by Gasteiger charge is -2.20. The Morgan fingerprint density at radius 2 is 0.897 bits per heavy atom. The molecule has 68 heavy (non-hydrogen) atoms. The van der Waals surface area contributed by atoms with Crippen LogP contribution >= 0.6 is 22.7 Å². The Morgan fingerprint density at radius 1 is 0.500 bits per heavy atom. The van der Waals surface area contributed by atoms with Gasteiger partial charge in [-0.3, -0.25) is 17.3 Å². The molecule has 7 aromatic rings. The van der Waals surface area contributed by atoms with Crippen molar-refractivity contribution in [3.8, 4) is 11.5 Å².